The number of nitrogens with one attached hydrogen (secondary N) is 2. The van der Waals surface area contributed by atoms with Crippen LogP contribution in [0.2, 0.25) is 5.02 Å². The lowest BCUT2D eigenvalue weighted by Gasteiger charge is -2.63. The highest BCUT2D eigenvalue weighted by atomic mass is 35.5. The Kier molecular flexibility index (Phi) is 8.43. The quantitative estimate of drug-likeness (QED) is 0.202. The number of hydrogen-bond acceptors (Lipinski definition) is 9. The molecule has 1 saturated carbocycles. The van der Waals surface area contributed by atoms with Crippen LogP contribution in [0.5, 0.6) is 5.75 Å². The van der Waals surface area contributed by atoms with Crippen molar-refractivity contribution in [2.24, 2.45) is 16.7 Å². The van der Waals surface area contributed by atoms with E-state index in [2.05, 4.69) is 20.5 Å². The number of pyridine rings is 1. The Morgan fingerprint density at radius 3 is 2.41 bits per heavy atom. The number of aromatic nitrogens is 1. The van der Waals surface area contributed by atoms with E-state index in [4.69, 9.17) is 33.9 Å². The molecule has 1 atom stereocenters. The molecule has 0 radical (unpaired) electrons. The predicted octanol–water partition coefficient (Wildman–Crippen LogP) is 5.84. The van der Waals surface area contributed by atoms with Crippen molar-refractivity contribution in [3.8, 4) is 5.75 Å². The van der Waals surface area contributed by atoms with E-state index < -0.39 is 84.5 Å². The first-order valence-electron chi connectivity index (χ1n) is 23.6. The first kappa shape index (κ1) is 31.6. The van der Waals surface area contributed by atoms with Crippen molar-refractivity contribution < 1.29 is 39.3 Å². The van der Waals surface area contributed by atoms with Gasteiger partial charge < -0.3 is 24.8 Å². The van der Waals surface area contributed by atoms with Crippen LogP contribution in [0.3, 0.4) is 0 Å². The van der Waals surface area contributed by atoms with Crippen molar-refractivity contribution in [1.82, 2.24) is 25.4 Å². The fourth-order valence-corrected chi connectivity index (χ4v) is 9.58. The maximum Gasteiger partial charge on any atom is 0.255 e. The molecule has 1 unspecified atom stereocenters. The van der Waals surface area contributed by atoms with Crippen molar-refractivity contribution in [3.63, 3.8) is 0 Å². The van der Waals surface area contributed by atoms with Crippen LogP contribution in [0.25, 0.3) is 4.85 Å². The molecular weight excluding hydrogens is 775 g/mol. The van der Waals surface area contributed by atoms with Crippen LogP contribution < -0.4 is 25.2 Å². The summed E-state index contributed by atoms with van der Waals surface area (Å²) < 4.78 is 95.0. The number of imide groups is 1. The van der Waals surface area contributed by atoms with Crippen LogP contribution in [0.1, 0.15) is 90.6 Å². The second-order valence-electron chi connectivity index (χ2n) is 16.8. The number of piperidine rings is 2. The predicted molar refractivity (Wildman–Crippen MR) is 221 cm³/mol. The Hall–Kier alpha value is -5.26. The number of anilines is 2. The van der Waals surface area contributed by atoms with Gasteiger partial charge in [0.15, 0.2) is 5.82 Å². The molecule has 4 aliphatic heterocycles. The number of amides is 4. The van der Waals surface area contributed by atoms with Crippen molar-refractivity contribution in [2.75, 3.05) is 55.4 Å². The van der Waals surface area contributed by atoms with Crippen molar-refractivity contribution in [1.29, 1.82) is 0 Å². The van der Waals surface area contributed by atoms with Crippen molar-refractivity contribution >= 4 is 52.4 Å². The molecule has 13 nitrogen and oxygen atoms in total. The summed E-state index contributed by atoms with van der Waals surface area (Å²) in [7, 11) is 0. The van der Waals surface area contributed by atoms with Gasteiger partial charge in [0, 0.05) is 91.7 Å². The van der Waals surface area contributed by atoms with Gasteiger partial charge in [0.05, 0.1) is 34.9 Å². The lowest BCUT2D eigenvalue weighted by atomic mass is 9.49. The molecule has 8 rings (SSSR count). The molecule has 310 valence electrons. The number of nitrogens with zero attached hydrogens (tertiary/aromatic N) is 6. The van der Waals surface area contributed by atoms with E-state index in [1.807, 2.05) is 32.6 Å². The molecule has 2 N–H and O–H groups in total. The monoisotopic (exact) mass is 832 g/mol. The highest BCUT2D eigenvalue weighted by molar-refractivity contribution is 6.33. The van der Waals surface area contributed by atoms with Crippen LogP contribution in [-0.2, 0) is 16.1 Å². The number of fused-ring (bicyclic) bond motifs is 1. The normalized spacial score (nSPS) is 29.7. The first-order valence-corrected chi connectivity index (χ1v) is 19.9. The van der Waals surface area contributed by atoms with E-state index in [0.29, 0.717) is 58.7 Å². The van der Waals surface area contributed by atoms with E-state index in [1.54, 1.807) is 30.3 Å². The van der Waals surface area contributed by atoms with Crippen LogP contribution in [0.4, 0.5) is 21.6 Å². The average molecular weight is 833 g/mol. The molecule has 59 heavy (non-hydrogen) atoms. The zero-order valence-electron chi connectivity index (χ0n) is 41.1. The number of halogens is 2. The Labute approximate surface area is 360 Å². The van der Waals surface area contributed by atoms with E-state index in [9.17, 15) is 19.2 Å². The molecule has 0 spiro atoms. The van der Waals surface area contributed by atoms with Gasteiger partial charge in [0.1, 0.15) is 23.7 Å². The Morgan fingerprint density at radius 2 is 1.76 bits per heavy atom. The fourth-order valence-electron chi connectivity index (χ4n) is 9.37. The zero-order chi connectivity index (χ0) is 49.0. The summed E-state index contributed by atoms with van der Waals surface area (Å²) in [5, 5.41) is 5.60. The molecular formula is C44H50ClFN8O5. The summed E-state index contributed by atoms with van der Waals surface area (Å²) in [6.07, 6.45) is 1.89. The van der Waals surface area contributed by atoms with E-state index in [1.165, 1.54) is 6.20 Å². The maximum absolute atomic E-state index is 16.5. The lowest BCUT2D eigenvalue weighted by molar-refractivity contribution is -0.164. The molecule has 1 aromatic heterocycles. The summed E-state index contributed by atoms with van der Waals surface area (Å²) in [6.45, 7) is 2.01. The fraction of sp³-hybridized carbons (Fsp3) is 0.500. The number of benzene rings is 2. The van der Waals surface area contributed by atoms with Crippen LogP contribution in [0, 0.1) is 29.1 Å². The molecule has 3 aromatic rings. The number of piperazine rings is 1. The van der Waals surface area contributed by atoms with Crippen LogP contribution in [0.15, 0.2) is 48.7 Å². The summed E-state index contributed by atoms with van der Waals surface area (Å²) in [5.74, 6) is -2.89. The van der Waals surface area contributed by atoms with Crippen molar-refractivity contribution in [3.05, 3.63) is 87.6 Å². The number of hydrogen-bond donors (Lipinski definition) is 2. The molecule has 0 bridgehead atoms. The second-order valence-corrected chi connectivity index (χ2v) is 17.2. The molecule has 1 aliphatic carbocycles. The maximum atomic E-state index is 16.5. The minimum atomic E-state index is -3.37. The summed E-state index contributed by atoms with van der Waals surface area (Å²) in [4.78, 5) is 62.8. The van der Waals surface area contributed by atoms with Gasteiger partial charge in [-0.05, 0) is 61.6 Å². The van der Waals surface area contributed by atoms with Gasteiger partial charge in [-0.1, -0.05) is 45.4 Å². The SMILES string of the molecule is [2H]C1([2H])N(CC2CCN(c3ccc(C(=O)NC4C(C)(C)C(Oc5ccc([N+]#[C-])c(Cl)c5)C4(C)C)cn3)CC2)C([2H])([2H])C([2H])([2H])N(c2ccc3c(c2F)CN(C2CCC(=O)NC2=O)C3=O)C1([2H])[2H]. The van der Waals surface area contributed by atoms with E-state index in [-0.39, 0.29) is 53.5 Å². The van der Waals surface area contributed by atoms with Gasteiger partial charge in [0.25, 0.3) is 11.8 Å². The topological polar surface area (TPSA) is 132 Å². The zero-order valence-corrected chi connectivity index (χ0v) is 33.8. The largest absolute Gasteiger partial charge is 0.489 e. The van der Waals surface area contributed by atoms with E-state index in [0.717, 1.165) is 17.0 Å². The lowest BCUT2D eigenvalue weighted by Crippen LogP contribution is -2.74. The molecule has 5 heterocycles. The number of ether oxygens (including phenoxy) is 1. The second kappa shape index (κ2) is 15.7. The minimum absolute atomic E-state index is 0.00571. The summed E-state index contributed by atoms with van der Waals surface area (Å²) in [6, 6.07) is 8.98. The number of carbonyl (C=O) groups is 4. The Morgan fingerprint density at radius 1 is 1.03 bits per heavy atom. The summed E-state index contributed by atoms with van der Waals surface area (Å²) >= 11 is 6.24. The summed E-state index contributed by atoms with van der Waals surface area (Å²) in [5.41, 5.74) is -1.56. The third kappa shape index (κ3) is 7.59. The number of rotatable bonds is 9. The smallest absolute Gasteiger partial charge is 0.255 e. The average Bonchev–Trinajstić information content (AvgIpc) is 3.59. The van der Waals surface area contributed by atoms with Gasteiger partial charge in [-0.2, -0.15) is 0 Å². The Bertz CT molecular complexity index is 2550. The van der Waals surface area contributed by atoms with E-state index >= 15 is 4.39 Å². The molecule has 4 amide bonds. The van der Waals surface area contributed by atoms with Gasteiger partial charge in [-0.25, -0.2) is 14.2 Å². The molecule has 5 aliphatic rings. The standard InChI is InChI=1S/C44H50ClFN8O5/c1-43(2)41(44(3,4)42(43)59-28-7-9-32(47-5)31(45)22-28)50-38(56)27-6-12-35(48-23-27)53-16-14-26(15-17-53)24-51-18-20-52(21-19-51)33-10-8-29-30(37(33)46)25-54(40(29)58)34-11-13-36(55)49-39(34)57/h6-10,12,22-23,26,34,41-42H,11,13-21,24-25H2,1-4H3,(H,50,56)(H,49,55,57)/i18D2,19D2,20D2,21D2. The Balaban J connectivity index is 0.908. The molecule has 3 saturated heterocycles. The third-order valence-electron chi connectivity index (χ3n) is 12.3. The van der Waals surface area contributed by atoms with Gasteiger partial charge in [-0.3, -0.25) is 29.4 Å². The molecule has 15 heteroatoms. The van der Waals surface area contributed by atoms with Gasteiger partial charge in [-0.15, -0.1) is 0 Å². The first-order chi connectivity index (χ1) is 31.2. The highest BCUT2D eigenvalue weighted by Crippen LogP contribution is 2.55. The highest BCUT2D eigenvalue weighted by Gasteiger charge is 2.64. The van der Waals surface area contributed by atoms with Crippen molar-refractivity contribution in [2.45, 2.75) is 78.1 Å². The third-order valence-corrected chi connectivity index (χ3v) is 12.6. The van der Waals surface area contributed by atoms with Gasteiger partial charge >= 0.3 is 0 Å². The number of carbonyl (C=O) groups excluding carboxylic acids is 4. The van der Waals surface area contributed by atoms with Gasteiger partial charge in [0.2, 0.25) is 17.5 Å². The van der Waals surface area contributed by atoms with Crippen LogP contribution in [-0.4, -0.2) is 102 Å². The van der Waals surface area contributed by atoms with Crippen LogP contribution >= 0.6 is 11.6 Å². The minimum Gasteiger partial charge on any atom is -0.489 e. The molecule has 2 aromatic carbocycles. The molecule has 4 fully saturated rings.